The van der Waals surface area contributed by atoms with E-state index in [1.807, 2.05) is 37.3 Å². The number of benzene rings is 1. The Bertz CT molecular complexity index is 1180. The number of hydrogen-bond donors (Lipinski definition) is 1. The van der Waals surface area contributed by atoms with Gasteiger partial charge in [0.2, 0.25) is 0 Å². The van der Waals surface area contributed by atoms with Crippen molar-refractivity contribution in [2.75, 3.05) is 44.8 Å². The summed E-state index contributed by atoms with van der Waals surface area (Å²) in [6, 6.07) is 14.4. The highest BCUT2D eigenvalue weighted by atomic mass is 19.1. The Morgan fingerprint density at radius 2 is 1.94 bits per heavy atom. The van der Waals surface area contributed by atoms with Gasteiger partial charge in [0.05, 0.1) is 19.8 Å². The van der Waals surface area contributed by atoms with E-state index in [-0.39, 0.29) is 11.7 Å². The Morgan fingerprint density at radius 1 is 1.12 bits per heavy atom. The quantitative estimate of drug-likeness (QED) is 0.435. The fraction of sp³-hybridized carbons (Fsp3) is 0.296. The maximum absolute atomic E-state index is 13.8. The fourth-order valence-electron chi connectivity index (χ4n) is 4.62. The van der Waals surface area contributed by atoms with Crippen molar-refractivity contribution in [1.29, 1.82) is 0 Å². The summed E-state index contributed by atoms with van der Waals surface area (Å²) < 4.78 is 25.5. The van der Waals surface area contributed by atoms with E-state index >= 15 is 0 Å². The average Bonchev–Trinajstić information content (AvgIpc) is 3.18. The van der Waals surface area contributed by atoms with E-state index < -0.39 is 0 Å². The Balaban J connectivity index is 1.38. The first kappa shape index (κ1) is 21.6. The van der Waals surface area contributed by atoms with E-state index in [4.69, 9.17) is 9.47 Å². The summed E-state index contributed by atoms with van der Waals surface area (Å²) in [6.45, 7) is 7.23. The molecule has 2 aliphatic carbocycles. The zero-order valence-corrected chi connectivity index (χ0v) is 18.7. The number of amides is 1. The van der Waals surface area contributed by atoms with Crippen LogP contribution in [0.25, 0.3) is 22.8 Å². The molecule has 0 aromatic heterocycles. The first-order chi connectivity index (χ1) is 16.1. The van der Waals surface area contributed by atoms with E-state index in [0.29, 0.717) is 23.4 Å². The molecule has 1 aromatic rings. The number of ether oxygens (including phenoxy) is 2. The second-order valence-electron chi connectivity index (χ2n) is 8.51. The van der Waals surface area contributed by atoms with Gasteiger partial charge in [-0.15, -0.1) is 0 Å². The zero-order valence-electron chi connectivity index (χ0n) is 18.7. The van der Waals surface area contributed by atoms with Crippen molar-refractivity contribution >= 4 is 23.2 Å². The fourth-order valence-corrected chi connectivity index (χ4v) is 4.62. The molecule has 0 atom stereocenters. The van der Waals surface area contributed by atoms with E-state index in [2.05, 4.69) is 16.3 Å². The molecule has 4 aliphatic rings. The monoisotopic (exact) mass is 446 g/mol. The van der Waals surface area contributed by atoms with Gasteiger partial charge in [-0.3, -0.25) is 9.69 Å². The predicted molar refractivity (Wildman–Crippen MR) is 128 cm³/mol. The van der Waals surface area contributed by atoms with Crippen LogP contribution in [0.2, 0.25) is 0 Å². The van der Waals surface area contributed by atoms with Crippen LogP contribution in [-0.4, -0.2) is 50.3 Å². The molecular formula is C27H27FN2O3. The van der Waals surface area contributed by atoms with Crippen molar-refractivity contribution < 1.29 is 18.7 Å². The molecular weight excluding hydrogens is 419 g/mol. The standard InChI is InChI=1S/C27H27FN2O3/c1-18-15-19(16-23-22-17-20(28)7-8-24(22)29-27(23)31)21-5-2-3-6-25(26(18)21)33-12-4-9-30-10-13-32-14-11-30/h2-3,5-8,15-17H,4,9-14H2,1H3,(H,29,31)/b23-16+. The van der Waals surface area contributed by atoms with Gasteiger partial charge in [-0.1, -0.05) is 24.3 Å². The number of morpholine rings is 1. The maximum atomic E-state index is 13.8. The van der Waals surface area contributed by atoms with Crippen LogP contribution in [0.15, 0.2) is 48.5 Å². The predicted octanol–water partition coefficient (Wildman–Crippen LogP) is 4.83. The van der Waals surface area contributed by atoms with Crippen molar-refractivity contribution in [2.45, 2.75) is 13.3 Å². The van der Waals surface area contributed by atoms with Crippen LogP contribution >= 0.6 is 0 Å². The lowest BCUT2D eigenvalue weighted by Crippen LogP contribution is -2.37. The van der Waals surface area contributed by atoms with Gasteiger partial charge in [0, 0.05) is 42.0 Å². The van der Waals surface area contributed by atoms with Crippen molar-refractivity contribution in [3.63, 3.8) is 0 Å². The van der Waals surface area contributed by atoms with Gasteiger partial charge < -0.3 is 14.8 Å². The molecule has 1 N–H and O–H groups in total. The normalized spacial score (nSPS) is 17.4. The summed E-state index contributed by atoms with van der Waals surface area (Å²) >= 11 is 0. The Labute approximate surface area is 193 Å². The minimum absolute atomic E-state index is 0.220. The minimum Gasteiger partial charge on any atom is -0.493 e. The lowest BCUT2D eigenvalue weighted by atomic mass is 10.0. The third-order valence-electron chi connectivity index (χ3n) is 6.26. The summed E-state index contributed by atoms with van der Waals surface area (Å²) in [5.41, 5.74) is 5.73. The molecule has 6 heteroatoms. The molecule has 2 aliphatic heterocycles. The highest BCUT2D eigenvalue weighted by Gasteiger charge is 2.26. The van der Waals surface area contributed by atoms with Gasteiger partial charge in [0.1, 0.15) is 11.6 Å². The summed E-state index contributed by atoms with van der Waals surface area (Å²) in [4.78, 5) is 15.0. The number of carbonyl (C=O) groups excluding carboxylic acids is 1. The molecule has 0 bridgehead atoms. The highest BCUT2D eigenvalue weighted by molar-refractivity contribution is 6.35. The van der Waals surface area contributed by atoms with E-state index in [0.717, 1.165) is 67.3 Å². The second kappa shape index (κ2) is 9.33. The number of halogens is 1. The number of aryl methyl sites for hydroxylation is 1. The smallest absolute Gasteiger partial charge is 0.256 e. The van der Waals surface area contributed by atoms with Crippen LogP contribution < -0.4 is 10.1 Å². The number of rotatable bonds is 6. The maximum Gasteiger partial charge on any atom is 0.256 e. The first-order valence-electron chi connectivity index (χ1n) is 11.4. The van der Waals surface area contributed by atoms with Crippen LogP contribution in [0.3, 0.4) is 0 Å². The van der Waals surface area contributed by atoms with E-state index in [1.54, 1.807) is 6.07 Å². The second-order valence-corrected chi connectivity index (χ2v) is 8.51. The number of nitrogens with zero attached hydrogens (tertiary/aromatic N) is 1. The van der Waals surface area contributed by atoms with Crippen LogP contribution in [0.4, 0.5) is 10.1 Å². The van der Waals surface area contributed by atoms with Gasteiger partial charge in [0.25, 0.3) is 5.91 Å². The summed E-state index contributed by atoms with van der Waals surface area (Å²) in [7, 11) is 0. The van der Waals surface area contributed by atoms with Crippen LogP contribution in [-0.2, 0) is 9.53 Å². The van der Waals surface area contributed by atoms with Gasteiger partial charge in [0.15, 0.2) is 0 Å². The lowest BCUT2D eigenvalue weighted by molar-refractivity contribution is -0.110. The van der Waals surface area contributed by atoms with Crippen LogP contribution in [0.1, 0.15) is 23.1 Å². The summed E-state index contributed by atoms with van der Waals surface area (Å²) in [5.74, 6) is 0.253. The average molecular weight is 447 g/mol. The van der Waals surface area contributed by atoms with Crippen molar-refractivity contribution in [1.82, 2.24) is 4.90 Å². The molecule has 5 rings (SSSR count). The Morgan fingerprint density at radius 3 is 2.79 bits per heavy atom. The number of carbonyl (C=O) groups is 1. The largest absolute Gasteiger partial charge is 0.493 e. The van der Waals surface area contributed by atoms with Crippen LogP contribution in [0.5, 0.6) is 5.75 Å². The van der Waals surface area contributed by atoms with Crippen molar-refractivity contribution in [2.24, 2.45) is 0 Å². The molecule has 1 saturated heterocycles. The third kappa shape index (κ3) is 4.49. The van der Waals surface area contributed by atoms with E-state index in [9.17, 15) is 9.18 Å². The molecule has 1 fully saturated rings. The molecule has 0 saturated carbocycles. The van der Waals surface area contributed by atoms with Crippen LogP contribution in [0, 0.1) is 12.7 Å². The van der Waals surface area contributed by atoms with Gasteiger partial charge in [-0.05, 0) is 60.4 Å². The molecule has 5 nitrogen and oxygen atoms in total. The molecule has 0 unspecified atom stereocenters. The number of hydrogen-bond acceptors (Lipinski definition) is 4. The topological polar surface area (TPSA) is 50.8 Å². The van der Waals surface area contributed by atoms with Gasteiger partial charge in [-0.25, -0.2) is 4.39 Å². The number of fused-ring (bicyclic) bond motifs is 2. The molecule has 2 heterocycles. The summed E-state index contributed by atoms with van der Waals surface area (Å²) in [6.07, 6.45) is 2.79. The number of anilines is 1. The molecule has 1 aromatic carbocycles. The number of nitrogens with one attached hydrogen (secondary N) is 1. The third-order valence-corrected chi connectivity index (χ3v) is 6.26. The molecule has 1 amide bonds. The van der Waals surface area contributed by atoms with Gasteiger partial charge in [-0.2, -0.15) is 0 Å². The Kier molecular flexibility index (Phi) is 6.11. The summed E-state index contributed by atoms with van der Waals surface area (Å²) in [5, 5.41) is 2.82. The SMILES string of the molecule is Cc1cc(/C=C2/C(=O)Nc3ccc(F)cc32)c2ccccc(OCCCN3CCOCC3)c1-2. The van der Waals surface area contributed by atoms with Crippen molar-refractivity contribution in [3.05, 3.63) is 71.0 Å². The van der Waals surface area contributed by atoms with Gasteiger partial charge >= 0.3 is 0 Å². The molecule has 170 valence electrons. The molecule has 0 radical (unpaired) electrons. The minimum atomic E-state index is -0.362. The van der Waals surface area contributed by atoms with E-state index in [1.165, 1.54) is 12.1 Å². The molecule has 33 heavy (non-hydrogen) atoms. The molecule has 0 spiro atoms. The highest BCUT2D eigenvalue weighted by Crippen LogP contribution is 2.41. The van der Waals surface area contributed by atoms with Crippen molar-refractivity contribution in [3.8, 4) is 16.9 Å². The Hall–Kier alpha value is -3.22. The lowest BCUT2D eigenvalue weighted by Gasteiger charge is -2.26. The zero-order chi connectivity index (χ0) is 22.8. The first-order valence-corrected chi connectivity index (χ1v) is 11.4.